The van der Waals surface area contributed by atoms with Gasteiger partial charge in [-0.25, -0.2) is 4.79 Å². The minimum atomic E-state index is -0.482. The maximum atomic E-state index is 11.4. The van der Waals surface area contributed by atoms with Gasteiger partial charge in [-0.1, -0.05) is 22.0 Å². The second-order valence-electron chi connectivity index (χ2n) is 3.70. The molecule has 0 saturated carbocycles. The summed E-state index contributed by atoms with van der Waals surface area (Å²) in [7, 11) is 0. The summed E-state index contributed by atoms with van der Waals surface area (Å²) in [6, 6.07) is 8.72. The Balaban J connectivity index is 2.29. The van der Waals surface area contributed by atoms with Crippen LogP contribution in [0.3, 0.4) is 0 Å². The zero-order valence-corrected chi connectivity index (χ0v) is 11.6. The fourth-order valence-electron chi connectivity index (χ4n) is 1.36. The number of carbonyl (C=O) groups is 1. The van der Waals surface area contributed by atoms with Crippen molar-refractivity contribution in [2.45, 2.75) is 19.3 Å². The summed E-state index contributed by atoms with van der Waals surface area (Å²) in [5.74, 6) is 0. The number of rotatable bonds is 6. The van der Waals surface area contributed by atoms with E-state index in [1.165, 1.54) is 0 Å². The third kappa shape index (κ3) is 5.69. The van der Waals surface area contributed by atoms with Gasteiger partial charge >= 0.3 is 6.09 Å². The Morgan fingerprint density at radius 2 is 2.22 bits per heavy atom. The monoisotopic (exact) mass is 310 g/mol. The molecule has 0 spiro atoms. The van der Waals surface area contributed by atoms with Crippen molar-refractivity contribution in [2.24, 2.45) is 0 Å². The summed E-state index contributed by atoms with van der Waals surface area (Å²) in [6.07, 6.45) is 2.48. The number of nitrogens with zero attached hydrogens (tertiary/aromatic N) is 1. The van der Waals surface area contributed by atoms with E-state index in [-0.39, 0.29) is 0 Å². The fourth-order valence-corrected chi connectivity index (χ4v) is 1.76. The second kappa shape index (κ2) is 8.54. The molecule has 0 aliphatic heterocycles. The van der Waals surface area contributed by atoms with E-state index >= 15 is 0 Å². The van der Waals surface area contributed by atoms with Gasteiger partial charge in [0.2, 0.25) is 0 Å². The highest BCUT2D eigenvalue weighted by molar-refractivity contribution is 9.09. The molecule has 0 fully saturated rings. The normalized spacial score (nSPS) is 9.56. The Labute approximate surface area is 115 Å². The molecular formula is C13H15BrN2O2. The number of unbranched alkanes of at least 4 members (excludes halogenated alkanes) is 2. The topological polar surface area (TPSA) is 62.1 Å². The summed E-state index contributed by atoms with van der Waals surface area (Å²) in [4.78, 5) is 11.4. The van der Waals surface area contributed by atoms with Crippen LogP contribution in [0.15, 0.2) is 24.3 Å². The van der Waals surface area contributed by atoms with Crippen LogP contribution in [0.25, 0.3) is 0 Å². The van der Waals surface area contributed by atoms with Crippen LogP contribution in [0, 0.1) is 11.3 Å². The van der Waals surface area contributed by atoms with Gasteiger partial charge in [0.1, 0.15) is 0 Å². The fraction of sp³-hybridized carbons (Fsp3) is 0.385. The number of carbonyl (C=O) groups excluding carboxylic acids is 1. The number of hydrogen-bond acceptors (Lipinski definition) is 3. The molecule has 0 bridgehead atoms. The van der Waals surface area contributed by atoms with E-state index in [9.17, 15) is 4.79 Å². The summed E-state index contributed by atoms with van der Waals surface area (Å²) in [5, 5.41) is 12.3. The van der Waals surface area contributed by atoms with Crippen LogP contribution >= 0.6 is 15.9 Å². The number of ether oxygens (including phenoxy) is 1. The van der Waals surface area contributed by atoms with Crippen molar-refractivity contribution < 1.29 is 9.53 Å². The van der Waals surface area contributed by atoms with Gasteiger partial charge in [-0.3, -0.25) is 5.32 Å². The molecule has 0 atom stereocenters. The molecule has 5 heteroatoms. The van der Waals surface area contributed by atoms with Gasteiger partial charge in [0.15, 0.2) is 0 Å². The van der Waals surface area contributed by atoms with Gasteiger partial charge in [-0.2, -0.15) is 5.26 Å². The Bertz CT molecular complexity index is 429. The lowest BCUT2D eigenvalue weighted by atomic mass is 10.2. The summed E-state index contributed by atoms with van der Waals surface area (Å²) in [6.45, 7) is 0.413. The van der Waals surface area contributed by atoms with Crippen LogP contribution in [-0.2, 0) is 4.74 Å². The summed E-state index contributed by atoms with van der Waals surface area (Å²) in [5.41, 5.74) is 1.07. The molecule has 96 valence electrons. The molecule has 0 heterocycles. The van der Waals surface area contributed by atoms with Crippen LogP contribution in [0.5, 0.6) is 0 Å². The van der Waals surface area contributed by atoms with E-state index in [2.05, 4.69) is 21.2 Å². The highest BCUT2D eigenvalue weighted by Gasteiger charge is 2.03. The van der Waals surface area contributed by atoms with Crippen molar-refractivity contribution in [3.8, 4) is 6.07 Å². The van der Waals surface area contributed by atoms with Crippen LogP contribution in [0.2, 0.25) is 0 Å². The van der Waals surface area contributed by atoms with Gasteiger partial charge in [-0.15, -0.1) is 0 Å². The van der Waals surface area contributed by atoms with Crippen molar-refractivity contribution in [3.05, 3.63) is 29.8 Å². The molecule has 0 unspecified atom stereocenters. The second-order valence-corrected chi connectivity index (χ2v) is 4.50. The van der Waals surface area contributed by atoms with Crippen molar-refractivity contribution >= 4 is 27.7 Å². The van der Waals surface area contributed by atoms with E-state index in [4.69, 9.17) is 10.00 Å². The van der Waals surface area contributed by atoms with Crippen molar-refractivity contribution in [1.29, 1.82) is 5.26 Å². The molecule has 4 nitrogen and oxygen atoms in total. The number of amides is 1. The number of nitriles is 1. The molecular weight excluding hydrogens is 296 g/mol. The highest BCUT2D eigenvalue weighted by atomic mass is 79.9. The Hall–Kier alpha value is -1.54. The molecule has 1 N–H and O–H groups in total. The first-order valence-corrected chi connectivity index (χ1v) is 6.88. The van der Waals surface area contributed by atoms with Gasteiger partial charge in [0.05, 0.1) is 18.2 Å². The average Bonchev–Trinajstić information content (AvgIpc) is 2.38. The summed E-state index contributed by atoms with van der Waals surface area (Å²) < 4.78 is 5.02. The maximum Gasteiger partial charge on any atom is 0.411 e. The lowest BCUT2D eigenvalue weighted by Crippen LogP contribution is -2.14. The van der Waals surface area contributed by atoms with Crippen LogP contribution < -0.4 is 5.32 Å². The van der Waals surface area contributed by atoms with E-state index in [1.807, 2.05) is 6.07 Å². The van der Waals surface area contributed by atoms with Crippen molar-refractivity contribution in [3.63, 3.8) is 0 Å². The first kappa shape index (κ1) is 14.5. The Morgan fingerprint density at radius 1 is 1.39 bits per heavy atom. The highest BCUT2D eigenvalue weighted by Crippen LogP contribution is 2.10. The predicted octanol–water partition coefficient (Wildman–Crippen LogP) is 3.67. The minimum absolute atomic E-state index is 0.413. The lowest BCUT2D eigenvalue weighted by molar-refractivity contribution is 0.159. The van der Waals surface area contributed by atoms with Gasteiger partial charge in [0.25, 0.3) is 0 Å². The SMILES string of the molecule is N#Cc1cccc(NC(=O)OCCCCCBr)c1. The first-order chi connectivity index (χ1) is 8.76. The van der Waals surface area contributed by atoms with Crippen molar-refractivity contribution in [2.75, 3.05) is 17.3 Å². The lowest BCUT2D eigenvalue weighted by Gasteiger charge is -2.06. The zero-order valence-electron chi connectivity index (χ0n) is 9.99. The van der Waals surface area contributed by atoms with Gasteiger partial charge in [0, 0.05) is 11.0 Å². The van der Waals surface area contributed by atoms with E-state index in [0.29, 0.717) is 17.9 Å². The molecule has 1 amide bonds. The number of halogens is 1. The van der Waals surface area contributed by atoms with Crippen LogP contribution in [0.4, 0.5) is 10.5 Å². The molecule has 0 radical (unpaired) electrons. The standard InChI is InChI=1S/C13H15BrN2O2/c14-7-2-1-3-8-18-13(17)16-12-6-4-5-11(9-12)10-15/h4-6,9H,1-3,7-8H2,(H,16,17). The summed E-state index contributed by atoms with van der Waals surface area (Å²) >= 11 is 3.34. The number of nitrogens with one attached hydrogen (secondary N) is 1. The molecule has 0 saturated heterocycles. The molecule has 1 rings (SSSR count). The molecule has 1 aromatic rings. The van der Waals surface area contributed by atoms with E-state index in [1.54, 1.807) is 24.3 Å². The third-order valence-corrected chi connectivity index (χ3v) is 2.81. The molecule has 18 heavy (non-hydrogen) atoms. The van der Waals surface area contributed by atoms with Gasteiger partial charge in [-0.05, 0) is 37.5 Å². The zero-order chi connectivity index (χ0) is 13.2. The first-order valence-electron chi connectivity index (χ1n) is 5.76. The average molecular weight is 311 g/mol. The van der Waals surface area contributed by atoms with E-state index < -0.39 is 6.09 Å². The number of anilines is 1. The quantitative estimate of drug-likeness (QED) is 0.644. The Kier molecular flexibility index (Phi) is 6.89. The maximum absolute atomic E-state index is 11.4. The van der Waals surface area contributed by atoms with Crippen molar-refractivity contribution in [1.82, 2.24) is 0 Å². The smallest absolute Gasteiger partial charge is 0.411 e. The van der Waals surface area contributed by atoms with Gasteiger partial charge < -0.3 is 4.74 Å². The largest absolute Gasteiger partial charge is 0.449 e. The van der Waals surface area contributed by atoms with E-state index in [0.717, 1.165) is 24.6 Å². The van der Waals surface area contributed by atoms with Crippen LogP contribution in [0.1, 0.15) is 24.8 Å². The van der Waals surface area contributed by atoms with Crippen LogP contribution in [-0.4, -0.2) is 18.0 Å². The molecule has 0 aliphatic carbocycles. The predicted molar refractivity (Wildman–Crippen MR) is 73.8 cm³/mol. The third-order valence-electron chi connectivity index (χ3n) is 2.25. The molecule has 1 aromatic carbocycles. The molecule has 0 aliphatic rings. The number of benzene rings is 1. The minimum Gasteiger partial charge on any atom is -0.449 e. The Morgan fingerprint density at radius 3 is 2.94 bits per heavy atom. The number of hydrogen-bond donors (Lipinski definition) is 1. The molecule has 0 aromatic heterocycles. The number of alkyl halides is 1.